The van der Waals surface area contributed by atoms with Crippen LogP contribution in [0.3, 0.4) is 0 Å². The van der Waals surface area contributed by atoms with Crippen LogP contribution in [0.5, 0.6) is 5.75 Å². The molecule has 2 saturated heterocycles. The lowest BCUT2D eigenvalue weighted by atomic mass is 9.89. The minimum absolute atomic E-state index is 0.0436. The van der Waals surface area contributed by atoms with E-state index in [9.17, 15) is 19.5 Å². The Labute approximate surface area is 254 Å². The van der Waals surface area contributed by atoms with Gasteiger partial charge in [0.1, 0.15) is 11.6 Å². The molecule has 3 amide bonds. The van der Waals surface area contributed by atoms with E-state index in [0.717, 1.165) is 44.6 Å². The molecule has 2 aromatic carbocycles. The van der Waals surface area contributed by atoms with Crippen LogP contribution in [0.2, 0.25) is 10.0 Å². The summed E-state index contributed by atoms with van der Waals surface area (Å²) in [5.41, 5.74) is 1.03. The summed E-state index contributed by atoms with van der Waals surface area (Å²) < 4.78 is 0. The summed E-state index contributed by atoms with van der Waals surface area (Å²) in [5, 5.41) is 16.3. The third-order valence-corrected chi connectivity index (χ3v) is 8.43. The number of amides is 3. The predicted molar refractivity (Wildman–Crippen MR) is 164 cm³/mol. The molecule has 3 N–H and O–H groups in total. The van der Waals surface area contributed by atoms with Crippen molar-refractivity contribution >= 4 is 52.4 Å². The normalized spacial score (nSPS) is 19.1. The smallest absolute Gasteiger partial charge is 0.259 e. The first kappa shape index (κ1) is 29.8. The van der Waals surface area contributed by atoms with Crippen LogP contribution in [0.1, 0.15) is 64.8 Å². The van der Waals surface area contributed by atoms with Crippen LogP contribution in [0.4, 0.5) is 11.5 Å². The number of carbonyl (C=O) groups excluding carboxylic acids is 3. The summed E-state index contributed by atoms with van der Waals surface area (Å²) in [7, 11) is 0. The third-order valence-electron chi connectivity index (χ3n) is 7.99. The number of hydrogen-bond acceptors (Lipinski definition) is 6. The number of aromatic nitrogens is 1. The van der Waals surface area contributed by atoms with Crippen molar-refractivity contribution in [3.63, 3.8) is 0 Å². The first-order valence-corrected chi connectivity index (χ1v) is 14.8. The van der Waals surface area contributed by atoms with Crippen LogP contribution in [-0.4, -0.2) is 69.8 Å². The van der Waals surface area contributed by atoms with Crippen LogP contribution in [0, 0.1) is 0 Å². The second-order valence-electron chi connectivity index (χ2n) is 10.8. The molecule has 0 spiro atoms. The molecule has 3 aromatic rings. The molecule has 0 aliphatic carbocycles. The van der Waals surface area contributed by atoms with Gasteiger partial charge in [-0.3, -0.25) is 19.3 Å². The first-order chi connectivity index (χ1) is 20.2. The lowest BCUT2D eigenvalue weighted by Crippen LogP contribution is -2.44. The van der Waals surface area contributed by atoms with Crippen LogP contribution < -0.4 is 10.6 Å². The van der Waals surface area contributed by atoms with Crippen molar-refractivity contribution in [2.24, 2.45) is 0 Å². The van der Waals surface area contributed by atoms with Crippen molar-refractivity contribution in [1.82, 2.24) is 14.8 Å². The van der Waals surface area contributed by atoms with E-state index in [4.69, 9.17) is 23.2 Å². The fourth-order valence-corrected chi connectivity index (χ4v) is 5.96. The standard InChI is InChI=1S/C31H33Cl2N5O4/c1-19-4-2-12-37(19)14-15-38-13-3-5-24(31(38)42)20-6-8-21(9-7-20)29(40)36-28-25(16-23(33)17-26(28)39)30(41)35-27-11-10-22(32)18-34-27/h6-11,16-19,24,39H,2-5,12-15H2,1H3,(H,36,40)(H,34,35,41)/t19-,24?/m0/s1. The van der Waals surface area contributed by atoms with Gasteiger partial charge in [-0.2, -0.15) is 0 Å². The van der Waals surface area contributed by atoms with Gasteiger partial charge in [-0.1, -0.05) is 35.3 Å². The van der Waals surface area contributed by atoms with Gasteiger partial charge in [-0.25, -0.2) is 4.98 Å². The quantitative estimate of drug-likeness (QED) is 0.278. The molecule has 9 nitrogen and oxygen atoms in total. The average molecular weight is 611 g/mol. The highest BCUT2D eigenvalue weighted by Crippen LogP contribution is 2.33. The van der Waals surface area contributed by atoms with Crippen molar-refractivity contribution in [3.05, 3.63) is 81.5 Å². The van der Waals surface area contributed by atoms with Crippen molar-refractivity contribution in [2.45, 2.75) is 44.6 Å². The van der Waals surface area contributed by atoms with Crippen LogP contribution in [-0.2, 0) is 4.79 Å². The Bertz CT molecular complexity index is 1470. The number of anilines is 2. The molecular formula is C31H33Cl2N5O4. The maximum absolute atomic E-state index is 13.3. The van der Waals surface area contributed by atoms with Crippen LogP contribution in [0.15, 0.2) is 54.7 Å². The minimum atomic E-state index is -0.632. The van der Waals surface area contributed by atoms with E-state index in [1.165, 1.54) is 37.2 Å². The number of aromatic hydroxyl groups is 1. The van der Waals surface area contributed by atoms with Gasteiger partial charge < -0.3 is 20.6 Å². The average Bonchev–Trinajstić information content (AvgIpc) is 3.39. The summed E-state index contributed by atoms with van der Waals surface area (Å²) >= 11 is 12.0. The minimum Gasteiger partial charge on any atom is -0.506 e. The van der Waals surface area contributed by atoms with Crippen molar-refractivity contribution in [3.8, 4) is 5.75 Å². The van der Waals surface area contributed by atoms with Gasteiger partial charge in [0.15, 0.2) is 0 Å². The summed E-state index contributed by atoms with van der Waals surface area (Å²) in [5.74, 6) is -1.41. The van der Waals surface area contributed by atoms with E-state index in [2.05, 4.69) is 27.4 Å². The van der Waals surface area contributed by atoms with E-state index >= 15 is 0 Å². The number of hydrogen-bond donors (Lipinski definition) is 3. The number of nitrogens with zero attached hydrogens (tertiary/aromatic N) is 3. The fraction of sp³-hybridized carbons (Fsp3) is 0.355. The number of piperidine rings is 1. The number of phenolic OH excluding ortho intramolecular Hbond substituents is 1. The number of nitrogens with one attached hydrogen (secondary N) is 2. The highest BCUT2D eigenvalue weighted by atomic mass is 35.5. The first-order valence-electron chi connectivity index (χ1n) is 14.1. The van der Waals surface area contributed by atoms with Gasteiger partial charge in [0.25, 0.3) is 11.8 Å². The van der Waals surface area contributed by atoms with Crippen LogP contribution >= 0.6 is 23.2 Å². The molecular weight excluding hydrogens is 577 g/mol. The van der Waals surface area contributed by atoms with Gasteiger partial charge in [-0.05, 0) is 75.0 Å². The number of halogens is 2. The molecule has 2 fully saturated rings. The molecule has 2 aliphatic heterocycles. The van der Waals surface area contributed by atoms with Gasteiger partial charge in [-0.15, -0.1) is 0 Å². The number of phenols is 1. The summed E-state index contributed by atoms with van der Waals surface area (Å²) in [6.07, 6.45) is 5.50. The van der Waals surface area contributed by atoms with E-state index in [1.54, 1.807) is 30.3 Å². The topological polar surface area (TPSA) is 115 Å². The molecule has 3 heterocycles. The highest BCUT2D eigenvalue weighted by molar-refractivity contribution is 6.32. The zero-order valence-corrected chi connectivity index (χ0v) is 24.8. The molecule has 0 bridgehead atoms. The fourth-order valence-electron chi connectivity index (χ4n) is 5.63. The predicted octanol–water partition coefficient (Wildman–Crippen LogP) is 5.79. The van der Waals surface area contributed by atoms with Gasteiger partial charge in [0.2, 0.25) is 5.91 Å². The summed E-state index contributed by atoms with van der Waals surface area (Å²) in [6.45, 7) is 5.73. The molecule has 2 atom stereocenters. The zero-order valence-electron chi connectivity index (χ0n) is 23.3. The summed E-state index contributed by atoms with van der Waals surface area (Å²) in [6, 6.07) is 13.1. The molecule has 1 aromatic heterocycles. The van der Waals surface area contributed by atoms with E-state index in [0.29, 0.717) is 16.6 Å². The van der Waals surface area contributed by atoms with Gasteiger partial charge in [0, 0.05) is 48.5 Å². The Balaban J connectivity index is 1.26. The second kappa shape index (κ2) is 13.1. The van der Waals surface area contributed by atoms with E-state index in [-0.39, 0.29) is 39.7 Å². The Morgan fingerprint density at radius 2 is 1.71 bits per heavy atom. The zero-order chi connectivity index (χ0) is 29.8. The monoisotopic (exact) mass is 609 g/mol. The molecule has 1 unspecified atom stereocenters. The number of rotatable bonds is 8. The maximum atomic E-state index is 13.3. The SMILES string of the molecule is C[C@H]1CCCN1CCN1CCCC(c2ccc(C(=O)Nc3c(O)cc(Cl)cc3C(=O)Nc3ccc(Cl)cn3)cc2)C1=O. The van der Waals surface area contributed by atoms with Crippen molar-refractivity contribution in [1.29, 1.82) is 0 Å². The maximum Gasteiger partial charge on any atom is 0.259 e. The van der Waals surface area contributed by atoms with Crippen LogP contribution in [0.25, 0.3) is 0 Å². The van der Waals surface area contributed by atoms with Crippen molar-refractivity contribution in [2.75, 3.05) is 36.8 Å². The lowest BCUT2D eigenvalue weighted by Gasteiger charge is -2.34. The second-order valence-corrected chi connectivity index (χ2v) is 11.7. The van der Waals surface area contributed by atoms with Gasteiger partial charge >= 0.3 is 0 Å². The molecule has 5 rings (SSSR count). The molecule has 11 heteroatoms. The number of pyridine rings is 1. The lowest BCUT2D eigenvalue weighted by molar-refractivity contribution is -0.135. The molecule has 220 valence electrons. The Hall–Kier alpha value is -3.66. The van der Waals surface area contributed by atoms with E-state index < -0.39 is 11.8 Å². The highest BCUT2D eigenvalue weighted by Gasteiger charge is 2.31. The Morgan fingerprint density at radius 3 is 2.40 bits per heavy atom. The Morgan fingerprint density at radius 1 is 0.952 bits per heavy atom. The molecule has 42 heavy (non-hydrogen) atoms. The summed E-state index contributed by atoms with van der Waals surface area (Å²) in [4.78, 5) is 48.0. The Kier molecular flexibility index (Phi) is 9.30. The van der Waals surface area contributed by atoms with Gasteiger partial charge in [0.05, 0.1) is 22.2 Å². The third kappa shape index (κ3) is 6.86. The van der Waals surface area contributed by atoms with Crippen molar-refractivity contribution < 1.29 is 19.5 Å². The number of likely N-dealkylation sites (tertiary alicyclic amines) is 2. The molecule has 2 aliphatic rings. The van der Waals surface area contributed by atoms with E-state index in [1.807, 2.05) is 4.90 Å². The number of benzene rings is 2. The largest absolute Gasteiger partial charge is 0.506 e. The molecule has 0 radical (unpaired) electrons. The number of carbonyl (C=O) groups is 3. The molecule has 0 saturated carbocycles.